The second-order valence-electron chi connectivity index (χ2n) is 4.40. The average Bonchev–Trinajstić information content (AvgIpc) is 2.82. The molecule has 2 rings (SSSR count). The number of nitrogens with zero attached hydrogens (tertiary/aromatic N) is 2. The summed E-state index contributed by atoms with van der Waals surface area (Å²) in [6.45, 7) is 2.93. The molecule has 1 aromatic heterocycles. The second-order valence-corrected chi connectivity index (χ2v) is 4.40. The number of aryl methyl sites for hydroxylation is 1. The maximum absolute atomic E-state index is 12.8. The van der Waals surface area contributed by atoms with Crippen LogP contribution in [0.5, 0.6) is 0 Å². The molecule has 0 spiro atoms. The molecule has 0 atom stereocenters. The summed E-state index contributed by atoms with van der Waals surface area (Å²) in [5.41, 5.74) is 7.44. The zero-order valence-corrected chi connectivity index (χ0v) is 11.3. The van der Waals surface area contributed by atoms with E-state index in [1.807, 2.05) is 6.92 Å². The summed E-state index contributed by atoms with van der Waals surface area (Å²) in [6.07, 6.45) is 2.10. The van der Waals surface area contributed by atoms with Crippen molar-refractivity contribution >= 4 is 11.6 Å². The molecule has 20 heavy (non-hydrogen) atoms. The normalized spacial score (nSPS) is 10.5. The van der Waals surface area contributed by atoms with Gasteiger partial charge in [-0.3, -0.25) is 9.48 Å². The average molecular weight is 276 g/mol. The van der Waals surface area contributed by atoms with Crippen molar-refractivity contribution in [2.45, 2.75) is 19.9 Å². The highest BCUT2D eigenvalue weighted by Gasteiger charge is 2.15. The lowest BCUT2D eigenvalue weighted by Crippen LogP contribution is -2.28. The third-order valence-electron chi connectivity index (χ3n) is 2.99. The Bertz CT molecular complexity index is 592. The molecule has 0 bridgehead atoms. The first-order valence-corrected chi connectivity index (χ1v) is 6.45. The Balaban J connectivity index is 1.92. The summed E-state index contributed by atoms with van der Waals surface area (Å²) in [7, 11) is 0. The van der Waals surface area contributed by atoms with Crippen LogP contribution < -0.4 is 11.1 Å². The molecule has 106 valence electrons. The van der Waals surface area contributed by atoms with Gasteiger partial charge in [-0.2, -0.15) is 5.10 Å². The van der Waals surface area contributed by atoms with Gasteiger partial charge in [0.15, 0.2) is 0 Å². The van der Waals surface area contributed by atoms with E-state index in [2.05, 4.69) is 10.4 Å². The maximum atomic E-state index is 12.8. The van der Waals surface area contributed by atoms with Gasteiger partial charge >= 0.3 is 0 Å². The Morgan fingerprint density at radius 3 is 2.75 bits per heavy atom. The van der Waals surface area contributed by atoms with Gasteiger partial charge < -0.3 is 11.1 Å². The van der Waals surface area contributed by atoms with Crippen molar-refractivity contribution < 1.29 is 9.18 Å². The number of halogens is 1. The molecule has 1 heterocycles. The summed E-state index contributed by atoms with van der Waals surface area (Å²) < 4.78 is 14.3. The van der Waals surface area contributed by atoms with Gasteiger partial charge in [0.1, 0.15) is 11.5 Å². The van der Waals surface area contributed by atoms with Gasteiger partial charge in [0.25, 0.3) is 5.91 Å². The molecule has 0 aliphatic carbocycles. The standard InChI is InChI=1S/C14H17FN4O/c1-2-19-13(12(16)9-18-19)14(20)17-8-7-10-3-5-11(15)6-4-10/h3-6,9H,2,7-8,16H2,1H3,(H,17,20). The number of carbonyl (C=O) groups is 1. The lowest BCUT2D eigenvalue weighted by Gasteiger charge is -2.07. The second kappa shape index (κ2) is 6.18. The van der Waals surface area contributed by atoms with Gasteiger partial charge in [0, 0.05) is 13.1 Å². The van der Waals surface area contributed by atoms with Crippen molar-refractivity contribution in [1.82, 2.24) is 15.1 Å². The van der Waals surface area contributed by atoms with Crippen LogP contribution in [-0.2, 0) is 13.0 Å². The third kappa shape index (κ3) is 3.14. The SMILES string of the molecule is CCn1ncc(N)c1C(=O)NCCc1ccc(F)cc1. The first-order valence-electron chi connectivity index (χ1n) is 6.45. The van der Waals surface area contributed by atoms with Gasteiger partial charge in [0.2, 0.25) is 0 Å². The fourth-order valence-corrected chi connectivity index (χ4v) is 1.94. The maximum Gasteiger partial charge on any atom is 0.271 e. The minimum Gasteiger partial charge on any atom is -0.396 e. The van der Waals surface area contributed by atoms with Crippen molar-refractivity contribution in [3.63, 3.8) is 0 Å². The fraction of sp³-hybridized carbons (Fsp3) is 0.286. The first-order chi connectivity index (χ1) is 9.61. The molecular formula is C14H17FN4O. The van der Waals surface area contributed by atoms with Gasteiger partial charge in [-0.15, -0.1) is 0 Å². The number of nitrogens with two attached hydrogens (primary N) is 1. The number of aromatic nitrogens is 2. The minimum atomic E-state index is -0.266. The Morgan fingerprint density at radius 1 is 1.40 bits per heavy atom. The lowest BCUT2D eigenvalue weighted by molar-refractivity contribution is 0.0944. The number of nitrogens with one attached hydrogen (secondary N) is 1. The molecule has 0 saturated carbocycles. The number of hydrogen-bond donors (Lipinski definition) is 2. The number of benzene rings is 1. The Kier molecular flexibility index (Phi) is 4.34. The van der Waals surface area contributed by atoms with Crippen molar-refractivity contribution in [1.29, 1.82) is 0 Å². The lowest BCUT2D eigenvalue weighted by atomic mass is 10.1. The topological polar surface area (TPSA) is 72.9 Å². The van der Waals surface area contributed by atoms with E-state index in [0.717, 1.165) is 5.56 Å². The zero-order valence-electron chi connectivity index (χ0n) is 11.3. The largest absolute Gasteiger partial charge is 0.396 e. The first kappa shape index (κ1) is 14.0. The predicted octanol–water partition coefficient (Wildman–Crippen LogP) is 1.60. The molecule has 2 aromatic rings. The van der Waals surface area contributed by atoms with Gasteiger partial charge in [-0.1, -0.05) is 12.1 Å². The van der Waals surface area contributed by atoms with E-state index in [9.17, 15) is 9.18 Å². The van der Waals surface area contributed by atoms with Crippen molar-refractivity contribution in [2.24, 2.45) is 0 Å². The van der Waals surface area contributed by atoms with Crippen LogP contribution in [0, 0.1) is 5.82 Å². The molecule has 6 heteroatoms. The molecule has 0 fully saturated rings. The molecule has 0 saturated heterocycles. The van der Waals surface area contributed by atoms with Gasteiger partial charge in [0.05, 0.1) is 11.9 Å². The Labute approximate surface area is 116 Å². The summed E-state index contributed by atoms with van der Waals surface area (Å²) in [6, 6.07) is 6.21. The van der Waals surface area contributed by atoms with Crippen molar-refractivity contribution in [3.8, 4) is 0 Å². The molecule has 5 nitrogen and oxygen atoms in total. The molecule has 3 N–H and O–H groups in total. The highest BCUT2D eigenvalue weighted by atomic mass is 19.1. The quantitative estimate of drug-likeness (QED) is 0.871. The van der Waals surface area contributed by atoms with Crippen LogP contribution in [0.2, 0.25) is 0 Å². The molecular weight excluding hydrogens is 259 g/mol. The fourth-order valence-electron chi connectivity index (χ4n) is 1.94. The van der Waals surface area contributed by atoms with Crippen molar-refractivity contribution in [2.75, 3.05) is 12.3 Å². The van der Waals surface area contributed by atoms with E-state index >= 15 is 0 Å². The van der Waals surface area contributed by atoms with Crippen LogP contribution in [0.4, 0.5) is 10.1 Å². The monoisotopic (exact) mass is 276 g/mol. The number of carbonyl (C=O) groups excluding carboxylic acids is 1. The Hall–Kier alpha value is -2.37. The van der Waals surface area contributed by atoms with E-state index < -0.39 is 0 Å². The summed E-state index contributed by atoms with van der Waals surface area (Å²) in [5, 5.41) is 6.81. The van der Waals surface area contributed by atoms with Crippen molar-refractivity contribution in [3.05, 3.63) is 47.5 Å². The van der Waals surface area contributed by atoms with E-state index in [1.165, 1.54) is 18.3 Å². The van der Waals surface area contributed by atoms with Crippen LogP contribution in [0.1, 0.15) is 23.0 Å². The summed E-state index contributed by atoms with van der Waals surface area (Å²) >= 11 is 0. The van der Waals surface area contributed by atoms with Crippen LogP contribution in [-0.4, -0.2) is 22.2 Å². The smallest absolute Gasteiger partial charge is 0.271 e. The highest BCUT2D eigenvalue weighted by molar-refractivity contribution is 5.97. The number of anilines is 1. The molecule has 1 aromatic carbocycles. The van der Waals surface area contributed by atoms with Crippen LogP contribution >= 0.6 is 0 Å². The van der Waals surface area contributed by atoms with E-state index in [0.29, 0.717) is 30.9 Å². The molecule has 0 aliphatic rings. The molecule has 0 unspecified atom stereocenters. The molecule has 1 amide bonds. The van der Waals surface area contributed by atoms with E-state index in [-0.39, 0.29) is 11.7 Å². The predicted molar refractivity (Wildman–Crippen MR) is 74.8 cm³/mol. The van der Waals surface area contributed by atoms with Gasteiger partial charge in [-0.25, -0.2) is 4.39 Å². The Morgan fingerprint density at radius 2 is 2.10 bits per heavy atom. The number of nitrogen functional groups attached to an aromatic ring is 1. The number of amides is 1. The third-order valence-corrected chi connectivity index (χ3v) is 2.99. The van der Waals surface area contributed by atoms with E-state index in [4.69, 9.17) is 5.73 Å². The molecule has 0 radical (unpaired) electrons. The van der Waals surface area contributed by atoms with Gasteiger partial charge in [-0.05, 0) is 31.0 Å². The van der Waals surface area contributed by atoms with Crippen LogP contribution in [0.15, 0.2) is 30.5 Å². The highest BCUT2D eigenvalue weighted by Crippen LogP contribution is 2.10. The van der Waals surface area contributed by atoms with Crippen LogP contribution in [0.3, 0.4) is 0 Å². The summed E-state index contributed by atoms with van der Waals surface area (Å²) in [4.78, 5) is 12.0. The minimum absolute atomic E-state index is 0.246. The van der Waals surface area contributed by atoms with Crippen LogP contribution in [0.25, 0.3) is 0 Å². The molecule has 0 aliphatic heterocycles. The zero-order chi connectivity index (χ0) is 14.5. The number of hydrogen-bond acceptors (Lipinski definition) is 3. The van der Waals surface area contributed by atoms with E-state index in [1.54, 1.807) is 16.8 Å². The summed E-state index contributed by atoms with van der Waals surface area (Å²) in [5.74, 6) is -0.513. The number of rotatable bonds is 5.